The molecule has 0 fully saturated rings. The average molecular weight is 366 g/mol. The highest BCUT2D eigenvalue weighted by molar-refractivity contribution is 6.33. The number of halogens is 1. The normalized spacial score (nSPS) is 11.0. The predicted octanol–water partition coefficient (Wildman–Crippen LogP) is 3.92. The molecule has 0 unspecified atom stereocenters. The topological polar surface area (TPSA) is 79.6 Å². The Morgan fingerprint density at radius 3 is 2.65 bits per heavy atom. The minimum absolute atomic E-state index is 0.128. The molecule has 0 aliphatic carbocycles. The second-order valence-corrected chi connectivity index (χ2v) is 6.37. The highest BCUT2D eigenvalue weighted by Crippen LogP contribution is 2.31. The zero-order chi connectivity index (χ0) is 18.1. The van der Waals surface area contributed by atoms with E-state index in [1.807, 2.05) is 42.0 Å². The molecule has 2 N–H and O–H groups in total. The number of phenolic OH excluding ortho intramolecular Hbond substituents is 1. The molecule has 2 aromatic carbocycles. The molecule has 4 aromatic rings. The molecule has 0 spiro atoms. The average Bonchev–Trinajstić information content (AvgIpc) is 3.25. The minimum Gasteiger partial charge on any atom is -0.508 e. The number of nitrogens with zero attached hydrogens (tertiary/aromatic N) is 4. The number of benzene rings is 2. The highest BCUT2D eigenvalue weighted by atomic mass is 35.5. The molecule has 0 bridgehead atoms. The number of hydrogen-bond acceptors (Lipinski definition) is 4. The molecule has 0 radical (unpaired) electrons. The van der Waals surface area contributed by atoms with Crippen LogP contribution >= 0.6 is 11.6 Å². The van der Waals surface area contributed by atoms with E-state index in [9.17, 15) is 5.11 Å². The Hall–Kier alpha value is -3.12. The van der Waals surface area contributed by atoms with Crippen molar-refractivity contribution in [2.45, 2.75) is 13.3 Å². The summed E-state index contributed by atoms with van der Waals surface area (Å²) in [7, 11) is 0. The van der Waals surface area contributed by atoms with Crippen LogP contribution in [0.4, 0.5) is 0 Å². The van der Waals surface area contributed by atoms with E-state index in [1.165, 1.54) is 6.07 Å². The third kappa shape index (κ3) is 3.19. The molecule has 0 atom stereocenters. The van der Waals surface area contributed by atoms with Crippen molar-refractivity contribution in [2.75, 3.05) is 0 Å². The van der Waals surface area contributed by atoms with Gasteiger partial charge in [-0.15, -0.1) is 0 Å². The Kier molecular flexibility index (Phi) is 4.18. The fourth-order valence-electron chi connectivity index (χ4n) is 2.82. The summed E-state index contributed by atoms with van der Waals surface area (Å²) in [4.78, 5) is 8.75. The SMILES string of the molecule is Cc1nc(Cc2ccc(-n3ccnc3-c3ccc(O)cc3Cl)cc2)n[nH]1. The van der Waals surface area contributed by atoms with Gasteiger partial charge in [-0.25, -0.2) is 9.97 Å². The molecule has 0 amide bonds. The lowest BCUT2D eigenvalue weighted by atomic mass is 10.1. The standard InChI is InChI=1S/C19H16ClN5O/c1-12-22-18(24-23-12)10-13-2-4-14(5-3-13)25-9-8-21-19(25)16-7-6-15(26)11-17(16)20/h2-9,11,26H,10H2,1H3,(H,22,23,24). The van der Waals surface area contributed by atoms with E-state index in [0.29, 0.717) is 17.3 Å². The van der Waals surface area contributed by atoms with E-state index in [0.717, 1.165) is 28.5 Å². The summed E-state index contributed by atoms with van der Waals surface area (Å²) >= 11 is 6.27. The van der Waals surface area contributed by atoms with Crippen molar-refractivity contribution < 1.29 is 5.11 Å². The van der Waals surface area contributed by atoms with E-state index in [1.54, 1.807) is 18.3 Å². The largest absolute Gasteiger partial charge is 0.508 e. The smallest absolute Gasteiger partial charge is 0.155 e. The monoisotopic (exact) mass is 365 g/mol. The van der Waals surface area contributed by atoms with E-state index in [4.69, 9.17) is 11.6 Å². The van der Waals surface area contributed by atoms with Crippen LogP contribution in [0.25, 0.3) is 17.1 Å². The number of phenols is 1. The molecule has 26 heavy (non-hydrogen) atoms. The number of aromatic nitrogens is 5. The van der Waals surface area contributed by atoms with Gasteiger partial charge in [0.15, 0.2) is 5.82 Å². The molecule has 2 aromatic heterocycles. The van der Waals surface area contributed by atoms with E-state index < -0.39 is 0 Å². The van der Waals surface area contributed by atoms with Crippen molar-refractivity contribution in [2.24, 2.45) is 0 Å². The number of aryl methyl sites for hydroxylation is 1. The Morgan fingerprint density at radius 1 is 1.15 bits per heavy atom. The summed E-state index contributed by atoms with van der Waals surface area (Å²) in [6, 6.07) is 13.0. The first-order valence-electron chi connectivity index (χ1n) is 8.09. The van der Waals surface area contributed by atoms with Gasteiger partial charge in [-0.3, -0.25) is 9.67 Å². The van der Waals surface area contributed by atoms with Crippen molar-refractivity contribution in [3.8, 4) is 22.8 Å². The number of H-pyrrole nitrogens is 1. The lowest BCUT2D eigenvalue weighted by Gasteiger charge is -2.10. The van der Waals surface area contributed by atoms with Crippen molar-refractivity contribution in [1.29, 1.82) is 0 Å². The van der Waals surface area contributed by atoms with Crippen LogP contribution in [-0.4, -0.2) is 29.8 Å². The fraction of sp³-hybridized carbons (Fsp3) is 0.105. The molecule has 0 aliphatic rings. The minimum atomic E-state index is 0.128. The molecular weight excluding hydrogens is 350 g/mol. The van der Waals surface area contributed by atoms with Crippen LogP contribution in [0.3, 0.4) is 0 Å². The summed E-state index contributed by atoms with van der Waals surface area (Å²) in [5.41, 5.74) is 2.85. The van der Waals surface area contributed by atoms with Gasteiger partial charge in [0.25, 0.3) is 0 Å². The van der Waals surface area contributed by atoms with Crippen molar-refractivity contribution >= 4 is 11.6 Å². The van der Waals surface area contributed by atoms with Gasteiger partial charge in [0.1, 0.15) is 17.4 Å². The van der Waals surface area contributed by atoms with Crippen LogP contribution in [0.15, 0.2) is 54.9 Å². The van der Waals surface area contributed by atoms with Gasteiger partial charge in [-0.2, -0.15) is 5.10 Å². The number of aromatic amines is 1. The van der Waals surface area contributed by atoms with Crippen molar-refractivity contribution in [1.82, 2.24) is 24.7 Å². The third-order valence-electron chi connectivity index (χ3n) is 4.05. The summed E-state index contributed by atoms with van der Waals surface area (Å²) in [6.07, 6.45) is 4.28. The van der Waals surface area contributed by atoms with E-state index >= 15 is 0 Å². The van der Waals surface area contributed by atoms with Crippen LogP contribution in [-0.2, 0) is 6.42 Å². The van der Waals surface area contributed by atoms with E-state index in [-0.39, 0.29) is 5.75 Å². The van der Waals surface area contributed by atoms with E-state index in [2.05, 4.69) is 20.2 Å². The molecule has 6 nitrogen and oxygen atoms in total. The highest BCUT2D eigenvalue weighted by Gasteiger charge is 2.12. The van der Waals surface area contributed by atoms with Gasteiger partial charge in [-0.05, 0) is 42.8 Å². The maximum Gasteiger partial charge on any atom is 0.155 e. The van der Waals surface area contributed by atoms with Gasteiger partial charge >= 0.3 is 0 Å². The summed E-state index contributed by atoms with van der Waals surface area (Å²) in [5.74, 6) is 2.43. The van der Waals surface area contributed by atoms with Crippen LogP contribution in [0.5, 0.6) is 5.75 Å². The van der Waals surface area contributed by atoms with Crippen LogP contribution in [0.2, 0.25) is 5.02 Å². The maximum atomic E-state index is 9.55. The number of aromatic hydroxyl groups is 1. The first-order valence-corrected chi connectivity index (χ1v) is 8.47. The number of imidazole rings is 1. The Labute approximate surface area is 155 Å². The molecule has 0 saturated carbocycles. The van der Waals surface area contributed by atoms with Crippen LogP contribution in [0.1, 0.15) is 17.2 Å². The maximum absolute atomic E-state index is 9.55. The zero-order valence-corrected chi connectivity index (χ0v) is 14.8. The second-order valence-electron chi connectivity index (χ2n) is 5.97. The van der Waals surface area contributed by atoms with Crippen molar-refractivity contribution in [3.63, 3.8) is 0 Å². The molecule has 2 heterocycles. The Bertz CT molecular complexity index is 1050. The summed E-state index contributed by atoms with van der Waals surface area (Å²) in [6.45, 7) is 1.88. The summed E-state index contributed by atoms with van der Waals surface area (Å²) in [5, 5.41) is 17.0. The van der Waals surface area contributed by atoms with Crippen LogP contribution < -0.4 is 0 Å². The lowest BCUT2D eigenvalue weighted by Crippen LogP contribution is -1.98. The molecule has 0 aliphatic heterocycles. The third-order valence-corrected chi connectivity index (χ3v) is 4.37. The Balaban J connectivity index is 1.63. The van der Waals surface area contributed by atoms with Gasteiger partial charge in [0.05, 0.1) is 5.02 Å². The number of rotatable bonds is 4. The molecule has 0 saturated heterocycles. The molecular formula is C19H16ClN5O. The zero-order valence-electron chi connectivity index (χ0n) is 14.0. The van der Waals surface area contributed by atoms with Crippen LogP contribution in [0, 0.1) is 6.92 Å². The second kappa shape index (κ2) is 6.65. The van der Waals surface area contributed by atoms with Gasteiger partial charge < -0.3 is 5.11 Å². The van der Waals surface area contributed by atoms with Crippen molar-refractivity contribution in [3.05, 3.63) is 77.1 Å². The predicted molar refractivity (Wildman–Crippen MR) is 99.6 cm³/mol. The first-order chi connectivity index (χ1) is 12.6. The molecule has 4 rings (SSSR count). The lowest BCUT2D eigenvalue weighted by molar-refractivity contribution is 0.475. The number of nitrogens with one attached hydrogen (secondary N) is 1. The number of hydrogen-bond donors (Lipinski definition) is 2. The Morgan fingerprint density at radius 2 is 1.96 bits per heavy atom. The molecule has 7 heteroatoms. The molecule has 130 valence electrons. The quantitative estimate of drug-likeness (QED) is 0.574. The van der Waals surface area contributed by atoms with Gasteiger partial charge in [-0.1, -0.05) is 23.7 Å². The fourth-order valence-corrected chi connectivity index (χ4v) is 3.08. The first kappa shape index (κ1) is 16.4. The van der Waals surface area contributed by atoms with Gasteiger partial charge in [0.2, 0.25) is 0 Å². The summed E-state index contributed by atoms with van der Waals surface area (Å²) < 4.78 is 1.96. The van der Waals surface area contributed by atoms with Gasteiger partial charge in [0, 0.05) is 30.1 Å².